The maximum Gasteiger partial charge on any atom is 0.269 e. The smallest absolute Gasteiger partial charge is 0.268 e. The highest BCUT2D eigenvalue weighted by Gasteiger charge is 2.14. The van der Waals surface area contributed by atoms with Crippen molar-refractivity contribution in [1.29, 1.82) is 0 Å². The van der Waals surface area contributed by atoms with Crippen molar-refractivity contribution in [2.24, 2.45) is 0 Å². The largest absolute Gasteiger partial charge is 0.269 e. The number of hydrogen-bond acceptors (Lipinski definition) is 5. The Balaban J connectivity index is 2.21. The predicted molar refractivity (Wildman–Crippen MR) is 99.7 cm³/mol. The van der Waals surface area contributed by atoms with Crippen molar-refractivity contribution in [3.05, 3.63) is 80.6 Å². The first-order chi connectivity index (χ1) is 12.0. The zero-order valence-electron chi connectivity index (χ0n) is 12.9. The molecule has 0 bridgehead atoms. The summed E-state index contributed by atoms with van der Waals surface area (Å²) in [7, 11) is 0. The second-order valence-corrected chi connectivity index (χ2v) is 6.61. The summed E-state index contributed by atoms with van der Waals surface area (Å²) in [6, 6.07) is 12.8. The van der Waals surface area contributed by atoms with E-state index in [2.05, 4.69) is 11.6 Å². The van der Waals surface area contributed by atoms with E-state index in [1.165, 1.54) is 40.6 Å². The molecular weight excluding hydrogens is 362 g/mol. The van der Waals surface area contributed by atoms with Gasteiger partial charge in [-0.15, -0.1) is 0 Å². The number of thioether (sulfide) groups is 1. The summed E-state index contributed by atoms with van der Waals surface area (Å²) in [4.78, 5) is 27.8. The molecule has 0 aliphatic rings. The summed E-state index contributed by atoms with van der Waals surface area (Å²) in [6.07, 6.45) is 0. The standard InChI is InChI=1S/C17H12ClN3O3S/c1-11(18)10-25-17-19-15-5-3-2-4-14(15)16(22)20(17)12-6-8-13(9-7-12)21(23)24/h2-9H,1,10H2. The van der Waals surface area contributed by atoms with Crippen molar-refractivity contribution in [1.82, 2.24) is 9.55 Å². The fraction of sp³-hybridized carbons (Fsp3) is 0.0588. The quantitative estimate of drug-likeness (QED) is 0.291. The molecule has 1 aromatic heterocycles. The van der Waals surface area contributed by atoms with E-state index in [4.69, 9.17) is 11.6 Å². The van der Waals surface area contributed by atoms with Crippen LogP contribution in [0.25, 0.3) is 16.6 Å². The van der Waals surface area contributed by atoms with Crippen LogP contribution in [0.3, 0.4) is 0 Å². The summed E-state index contributed by atoms with van der Waals surface area (Å²) < 4.78 is 1.43. The van der Waals surface area contributed by atoms with Crippen molar-refractivity contribution >= 4 is 40.0 Å². The van der Waals surface area contributed by atoms with Crippen molar-refractivity contribution in [2.75, 3.05) is 5.75 Å². The Morgan fingerprint density at radius 3 is 2.56 bits per heavy atom. The van der Waals surface area contributed by atoms with Gasteiger partial charge >= 0.3 is 0 Å². The lowest BCUT2D eigenvalue weighted by Crippen LogP contribution is -2.21. The zero-order valence-corrected chi connectivity index (χ0v) is 14.5. The van der Waals surface area contributed by atoms with Gasteiger partial charge in [0.1, 0.15) is 0 Å². The molecule has 6 nitrogen and oxygen atoms in total. The number of non-ortho nitro benzene ring substituents is 1. The number of nitrogens with zero attached hydrogens (tertiary/aromatic N) is 3. The third-order valence-corrected chi connectivity index (χ3v) is 4.74. The van der Waals surface area contributed by atoms with Crippen LogP contribution in [-0.2, 0) is 0 Å². The maximum atomic E-state index is 12.9. The van der Waals surface area contributed by atoms with E-state index in [1.54, 1.807) is 24.3 Å². The van der Waals surface area contributed by atoms with Crippen molar-refractivity contribution in [3.63, 3.8) is 0 Å². The van der Waals surface area contributed by atoms with Crippen molar-refractivity contribution in [3.8, 4) is 5.69 Å². The number of benzene rings is 2. The van der Waals surface area contributed by atoms with Crippen LogP contribution in [-0.4, -0.2) is 20.2 Å². The number of hydrogen-bond donors (Lipinski definition) is 0. The van der Waals surface area contributed by atoms with Gasteiger partial charge in [0.05, 0.1) is 21.5 Å². The maximum absolute atomic E-state index is 12.9. The Hall–Kier alpha value is -2.64. The number of aromatic nitrogens is 2. The second-order valence-electron chi connectivity index (χ2n) is 5.13. The Labute approximate surface area is 151 Å². The average Bonchev–Trinajstić information content (AvgIpc) is 2.60. The highest BCUT2D eigenvalue weighted by Crippen LogP contribution is 2.24. The molecule has 126 valence electrons. The second kappa shape index (κ2) is 7.08. The zero-order chi connectivity index (χ0) is 18.0. The fourth-order valence-corrected chi connectivity index (χ4v) is 3.23. The van der Waals surface area contributed by atoms with Gasteiger partial charge < -0.3 is 0 Å². The molecule has 0 spiro atoms. The van der Waals surface area contributed by atoms with Crippen LogP contribution in [0, 0.1) is 10.1 Å². The van der Waals surface area contributed by atoms with Crippen molar-refractivity contribution in [2.45, 2.75) is 5.16 Å². The Morgan fingerprint density at radius 2 is 1.92 bits per heavy atom. The van der Waals surface area contributed by atoms with Crippen LogP contribution in [0.1, 0.15) is 0 Å². The molecule has 2 aromatic carbocycles. The fourth-order valence-electron chi connectivity index (χ4n) is 2.30. The molecule has 0 radical (unpaired) electrons. The molecule has 25 heavy (non-hydrogen) atoms. The van der Waals surface area contributed by atoms with Crippen LogP contribution in [0.2, 0.25) is 0 Å². The lowest BCUT2D eigenvalue weighted by Gasteiger charge is -2.12. The monoisotopic (exact) mass is 373 g/mol. The van der Waals surface area contributed by atoms with E-state index in [9.17, 15) is 14.9 Å². The lowest BCUT2D eigenvalue weighted by molar-refractivity contribution is -0.384. The van der Waals surface area contributed by atoms with Crippen LogP contribution in [0.4, 0.5) is 5.69 Å². The van der Waals surface area contributed by atoms with Gasteiger partial charge in [-0.3, -0.25) is 19.5 Å². The van der Waals surface area contributed by atoms with Gasteiger partial charge in [0, 0.05) is 22.9 Å². The van der Waals surface area contributed by atoms with Gasteiger partial charge in [-0.05, 0) is 24.3 Å². The SMILES string of the molecule is C=C(Cl)CSc1nc2ccccc2c(=O)n1-c1ccc([N+](=O)[O-])cc1. The van der Waals surface area contributed by atoms with E-state index < -0.39 is 4.92 Å². The van der Waals surface area contributed by atoms with Gasteiger partial charge in [0.25, 0.3) is 11.2 Å². The highest BCUT2D eigenvalue weighted by atomic mass is 35.5. The normalized spacial score (nSPS) is 10.8. The molecule has 1 heterocycles. The van der Waals surface area contributed by atoms with Crippen molar-refractivity contribution < 1.29 is 4.92 Å². The molecule has 0 atom stereocenters. The first kappa shape index (κ1) is 17.2. The molecule has 3 aromatic rings. The molecule has 0 aliphatic heterocycles. The van der Waals surface area contributed by atoms with Gasteiger partial charge in [0.2, 0.25) is 0 Å². The van der Waals surface area contributed by atoms with Crippen LogP contribution < -0.4 is 5.56 Å². The van der Waals surface area contributed by atoms with E-state index in [1.807, 2.05) is 0 Å². The molecule has 3 rings (SSSR count). The summed E-state index contributed by atoms with van der Waals surface area (Å²) in [6.45, 7) is 3.64. The molecule has 0 saturated heterocycles. The van der Waals surface area contributed by atoms with Crippen LogP contribution >= 0.6 is 23.4 Å². The third-order valence-electron chi connectivity index (χ3n) is 3.42. The Bertz CT molecular complexity index is 1030. The van der Waals surface area contributed by atoms with E-state index in [0.29, 0.717) is 32.5 Å². The molecule has 0 aliphatic carbocycles. The summed E-state index contributed by atoms with van der Waals surface area (Å²) in [5.74, 6) is 0.388. The van der Waals surface area contributed by atoms with Crippen LogP contribution in [0.15, 0.2) is 70.1 Å². The summed E-state index contributed by atoms with van der Waals surface area (Å²) in [5, 5.41) is 12.2. The highest BCUT2D eigenvalue weighted by molar-refractivity contribution is 7.99. The Morgan fingerprint density at radius 1 is 1.24 bits per heavy atom. The van der Waals surface area contributed by atoms with Gasteiger partial charge in [-0.1, -0.05) is 42.1 Å². The van der Waals surface area contributed by atoms with Crippen LogP contribution in [0.5, 0.6) is 0 Å². The van der Waals surface area contributed by atoms with Gasteiger partial charge in [-0.25, -0.2) is 4.98 Å². The molecule has 0 amide bonds. The molecule has 0 N–H and O–H groups in total. The molecular formula is C17H12ClN3O3S. The number of fused-ring (bicyclic) bond motifs is 1. The number of halogens is 1. The molecule has 0 fully saturated rings. The minimum atomic E-state index is -0.488. The minimum Gasteiger partial charge on any atom is -0.268 e. The first-order valence-electron chi connectivity index (χ1n) is 7.20. The van der Waals surface area contributed by atoms with Gasteiger partial charge in [0.15, 0.2) is 5.16 Å². The molecule has 0 unspecified atom stereocenters. The average molecular weight is 374 g/mol. The molecule has 0 saturated carbocycles. The molecule has 8 heteroatoms. The van der Waals surface area contributed by atoms with E-state index >= 15 is 0 Å². The van der Waals surface area contributed by atoms with E-state index in [0.717, 1.165) is 0 Å². The third kappa shape index (κ3) is 3.57. The van der Waals surface area contributed by atoms with Gasteiger partial charge in [-0.2, -0.15) is 0 Å². The first-order valence-corrected chi connectivity index (χ1v) is 8.56. The summed E-state index contributed by atoms with van der Waals surface area (Å²) >= 11 is 7.11. The summed E-state index contributed by atoms with van der Waals surface area (Å²) in [5.41, 5.74) is 0.779. The lowest BCUT2D eigenvalue weighted by atomic mass is 10.2. The predicted octanol–water partition coefficient (Wildman–Crippen LogP) is 4.14. The number of nitro benzene ring substituents is 1. The number of para-hydroxylation sites is 1. The minimum absolute atomic E-state index is 0.0473. The topological polar surface area (TPSA) is 78.0 Å². The number of rotatable bonds is 5. The number of nitro groups is 1. The Kier molecular flexibility index (Phi) is 4.87. The van der Waals surface area contributed by atoms with E-state index in [-0.39, 0.29) is 11.2 Å².